The molecule has 2 N–H and O–H groups in total. The molecular weight excluding hydrogens is 396 g/mol. The molecule has 156 valence electrons. The van der Waals surface area contributed by atoms with Crippen LogP contribution in [0.5, 0.6) is 11.5 Å². The third-order valence-electron chi connectivity index (χ3n) is 3.98. The normalized spacial score (nSPS) is 10.8. The van der Waals surface area contributed by atoms with Gasteiger partial charge in [0.1, 0.15) is 11.5 Å². The van der Waals surface area contributed by atoms with Crippen molar-refractivity contribution in [3.8, 4) is 11.5 Å². The molecule has 0 aliphatic carbocycles. The van der Waals surface area contributed by atoms with E-state index in [1.165, 1.54) is 0 Å². The Bertz CT molecular complexity index is 942. The Labute approximate surface area is 170 Å². The first-order valence-electron chi connectivity index (χ1n) is 8.98. The van der Waals surface area contributed by atoms with E-state index in [9.17, 15) is 18.0 Å². The lowest BCUT2D eigenvalue weighted by atomic mass is 10.2. The molecule has 2 amide bonds. The van der Waals surface area contributed by atoms with Crippen LogP contribution < -0.4 is 20.1 Å². The lowest BCUT2D eigenvalue weighted by Crippen LogP contribution is -2.29. The number of amides is 2. The van der Waals surface area contributed by atoms with Gasteiger partial charge in [-0.25, -0.2) is 8.42 Å². The second-order valence-electron chi connectivity index (χ2n) is 6.09. The fraction of sp³-hybridized carbons (Fsp3) is 0.300. The molecule has 8 nitrogen and oxygen atoms in total. The number of benzene rings is 2. The number of hydrogen-bond donors (Lipinski definition) is 2. The van der Waals surface area contributed by atoms with Gasteiger partial charge in [0.15, 0.2) is 16.4 Å². The summed E-state index contributed by atoms with van der Waals surface area (Å²) < 4.78 is 33.4. The van der Waals surface area contributed by atoms with E-state index in [2.05, 4.69) is 10.6 Å². The molecule has 0 saturated heterocycles. The van der Waals surface area contributed by atoms with Gasteiger partial charge < -0.3 is 20.1 Å². The van der Waals surface area contributed by atoms with Crippen LogP contribution in [0, 0.1) is 0 Å². The van der Waals surface area contributed by atoms with Gasteiger partial charge in [-0.15, -0.1) is 0 Å². The molecule has 2 rings (SSSR count). The first-order valence-corrected chi connectivity index (χ1v) is 10.8. The van der Waals surface area contributed by atoms with E-state index >= 15 is 0 Å². The molecule has 0 atom stereocenters. The van der Waals surface area contributed by atoms with E-state index in [1.54, 1.807) is 62.6 Å². The monoisotopic (exact) mass is 420 g/mol. The molecule has 0 aliphatic heterocycles. The summed E-state index contributed by atoms with van der Waals surface area (Å²) in [5.74, 6) is 0.288. The summed E-state index contributed by atoms with van der Waals surface area (Å²) in [6.45, 7) is 1.42. The zero-order valence-electron chi connectivity index (χ0n) is 16.3. The van der Waals surface area contributed by atoms with Crippen LogP contribution in [0.15, 0.2) is 48.5 Å². The van der Waals surface area contributed by atoms with Gasteiger partial charge in [0.25, 0.3) is 11.8 Å². The lowest BCUT2D eigenvalue weighted by molar-refractivity contribution is -0.118. The highest BCUT2D eigenvalue weighted by atomic mass is 32.2. The Morgan fingerprint density at radius 2 is 1.76 bits per heavy atom. The molecule has 0 radical (unpaired) electrons. The number of rotatable bonds is 10. The minimum absolute atomic E-state index is 0.0420. The number of methoxy groups -OCH3 is 1. The van der Waals surface area contributed by atoms with Crippen LogP contribution in [0.4, 0.5) is 5.69 Å². The van der Waals surface area contributed by atoms with E-state index in [0.29, 0.717) is 22.7 Å². The second-order valence-corrected chi connectivity index (χ2v) is 8.56. The van der Waals surface area contributed by atoms with Crippen molar-refractivity contribution >= 4 is 27.3 Å². The summed E-state index contributed by atoms with van der Waals surface area (Å²) in [6, 6.07) is 13.2. The Balaban J connectivity index is 1.80. The molecule has 0 fully saturated rings. The van der Waals surface area contributed by atoms with Crippen molar-refractivity contribution in [2.45, 2.75) is 6.92 Å². The Kier molecular flexibility index (Phi) is 8.02. The van der Waals surface area contributed by atoms with Crippen molar-refractivity contribution in [1.82, 2.24) is 5.32 Å². The summed E-state index contributed by atoms with van der Waals surface area (Å²) >= 11 is 0. The second kappa shape index (κ2) is 10.5. The quantitative estimate of drug-likeness (QED) is 0.607. The van der Waals surface area contributed by atoms with Crippen LogP contribution in [-0.4, -0.2) is 52.0 Å². The molecule has 0 spiro atoms. The number of hydrogen-bond acceptors (Lipinski definition) is 6. The van der Waals surface area contributed by atoms with Gasteiger partial charge in [-0.1, -0.05) is 13.0 Å². The number of carbonyl (C=O) groups is 2. The maximum Gasteiger partial charge on any atom is 0.262 e. The van der Waals surface area contributed by atoms with Gasteiger partial charge in [-0.05, 0) is 36.4 Å². The van der Waals surface area contributed by atoms with E-state index < -0.39 is 9.84 Å². The number of ether oxygens (including phenoxy) is 2. The zero-order chi connectivity index (χ0) is 21.3. The first-order chi connectivity index (χ1) is 13.8. The molecule has 9 heteroatoms. The molecule has 29 heavy (non-hydrogen) atoms. The van der Waals surface area contributed by atoms with Crippen LogP contribution in [-0.2, 0) is 14.6 Å². The molecule has 0 aromatic heterocycles. The van der Waals surface area contributed by atoms with E-state index in [1.807, 2.05) is 0 Å². The molecule has 0 saturated carbocycles. The maximum atomic E-state index is 12.0. The first kappa shape index (κ1) is 22.2. The van der Waals surface area contributed by atoms with Crippen molar-refractivity contribution < 1.29 is 27.5 Å². The number of carbonyl (C=O) groups excluding carboxylic acids is 2. The van der Waals surface area contributed by atoms with Gasteiger partial charge in [0, 0.05) is 29.6 Å². The van der Waals surface area contributed by atoms with Crippen molar-refractivity contribution in [3.05, 3.63) is 54.1 Å². The van der Waals surface area contributed by atoms with Crippen LogP contribution >= 0.6 is 0 Å². The molecular formula is C20H24N2O6S. The summed E-state index contributed by atoms with van der Waals surface area (Å²) in [5, 5.41) is 5.26. The highest BCUT2D eigenvalue weighted by Crippen LogP contribution is 2.17. The number of sulfone groups is 1. The Morgan fingerprint density at radius 3 is 2.41 bits per heavy atom. The molecule has 0 unspecified atom stereocenters. The molecule has 0 heterocycles. The fourth-order valence-electron chi connectivity index (χ4n) is 2.32. The standard InChI is InChI=1S/C20H24N2O6S/c1-3-29(25,26)12-11-21-20(24)15-7-9-17(10-8-15)28-14-19(23)22-16-5-4-6-18(13-16)27-2/h4-10,13H,3,11-12,14H2,1-2H3,(H,21,24)(H,22,23). The highest BCUT2D eigenvalue weighted by molar-refractivity contribution is 7.91. The lowest BCUT2D eigenvalue weighted by Gasteiger charge is -2.09. The van der Waals surface area contributed by atoms with Crippen molar-refractivity contribution in [2.75, 3.05) is 37.1 Å². The van der Waals surface area contributed by atoms with Crippen LogP contribution in [0.1, 0.15) is 17.3 Å². The van der Waals surface area contributed by atoms with Crippen LogP contribution in [0.3, 0.4) is 0 Å². The summed E-state index contributed by atoms with van der Waals surface area (Å²) in [6.07, 6.45) is 0. The average molecular weight is 420 g/mol. The van der Waals surface area contributed by atoms with E-state index in [0.717, 1.165) is 0 Å². The number of nitrogens with one attached hydrogen (secondary N) is 2. The smallest absolute Gasteiger partial charge is 0.262 e. The van der Waals surface area contributed by atoms with E-state index in [-0.39, 0.29) is 36.5 Å². The molecule has 2 aromatic carbocycles. The largest absolute Gasteiger partial charge is 0.497 e. The average Bonchev–Trinajstić information content (AvgIpc) is 2.72. The van der Waals surface area contributed by atoms with Crippen molar-refractivity contribution in [1.29, 1.82) is 0 Å². The zero-order valence-corrected chi connectivity index (χ0v) is 17.1. The third-order valence-corrected chi connectivity index (χ3v) is 5.68. The van der Waals surface area contributed by atoms with E-state index in [4.69, 9.17) is 9.47 Å². The van der Waals surface area contributed by atoms with Crippen LogP contribution in [0.25, 0.3) is 0 Å². The van der Waals surface area contributed by atoms with Crippen molar-refractivity contribution in [2.24, 2.45) is 0 Å². The Hall–Kier alpha value is -3.07. The predicted molar refractivity (Wildman–Crippen MR) is 110 cm³/mol. The van der Waals surface area contributed by atoms with Gasteiger partial charge >= 0.3 is 0 Å². The van der Waals surface area contributed by atoms with Gasteiger partial charge in [0.2, 0.25) is 0 Å². The van der Waals surface area contributed by atoms with Gasteiger partial charge in [-0.3, -0.25) is 9.59 Å². The summed E-state index contributed by atoms with van der Waals surface area (Å²) in [7, 11) is -1.58. The number of anilines is 1. The van der Waals surface area contributed by atoms with Crippen molar-refractivity contribution in [3.63, 3.8) is 0 Å². The van der Waals surface area contributed by atoms with Gasteiger partial charge in [0.05, 0.1) is 12.9 Å². The third kappa shape index (κ3) is 7.46. The molecule has 0 aliphatic rings. The summed E-state index contributed by atoms with van der Waals surface area (Å²) in [5.41, 5.74) is 0.960. The highest BCUT2D eigenvalue weighted by Gasteiger charge is 2.10. The van der Waals surface area contributed by atoms with Gasteiger partial charge in [-0.2, -0.15) is 0 Å². The molecule has 2 aromatic rings. The molecule has 0 bridgehead atoms. The Morgan fingerprint density at radius 1 is 1.03 bits per heavy atom. The minimum Gasteiger partial charge on any atom is -0.497 e. The predicted octanol–water partition coefficient (Wildman–Crippen LogP) is 1.88. The van der Waals surface area contributed by atoms with Crippen LogP contribution in [0.2, 0.25) is 0 Å². The maximum absolute atomic E-state index is 12.0. The summed E-state index contributed by atoms with van der Waals surface area (Å²) in [4.78, 5) is 24.0. The minimum atomic E-state index is -3.13. The fourth-order valence-corrected chi connectivity index (χ4v) is 3.02. The SMILES string of the molecule is CCS(=O)(=O)CCNC(=O)c1ccc(OCC(=O)Nc2cccc(OC)c2)cc1. The topological polar surface area (TPSA) is 111 Å².